The zero-order valence-corrected chi connectivity index (χ0v) is 7.94. The zero-order valence-electron chi connectivity index (χ0n) is 7.12. The summed E-state index contributed by atoms with van der Waals surface area (Å²) in [5, 5.41) is 8.26. The number of aromatic amines is 1. The monoisotopic (exact) mass is 209 g/mol. The van der Waals surface area contributed by atoms with Crippen LogP contribution in [-0.4, -0.2) is 28.1 Å². The van der Waals surface area contributed by atoms with Gasteiger partial charge in [-0.3, -0.25) is 9.59 Å². The summed E-state index contributed by atoms with van der Waals surface area (Å²) in [7, 11) is 1.48. The normalized spacial score (nSPS) is 10.4. The summed E-state index contributed by atoms with van der Waals surface area (Å²) < 4.78 is 0.360. The molecule has 2 aromatic rings. The Labute approximate surface area is 82.0 Å². The molecule has 2 aromatic heterocycles. The number of fused-ring (bicyclic) bond motifs is 1. The van der Waals surface area contributed by atoms with E-state index in [9.17, 15) is 9.59 Å². The Kier molecular flexibility index (Phi) is 2.01. The number of H-pyrrole nitrogens is 1. The first-order valence-electron chi connectivity index (χ1n) is 3.71. The Morgan fingerprint density at radius 1 is 1.64 bits per heavy atom. The van der Waals surface area contributed by atoms with Crippen LogP contribution < -0.4 is 10.9 Å². The second-order valence-electron chi connectivity index (χ2n) is 2.46. The van der Waals surface area contributed by atoms with Gasteiger partial charge in [0.15, 0.2) is 11.2 Å². The molecule has 0 saturated carbocycles. The second kappa shape index (κ2) is 3.18. The predicted octanol–water partition coefficient (Wildman–Crippen LogP) is -0.461. The summed E-state index contributed by atoms with van der Waals surface area (Å²) >= 11 is 1.06. The van der Waals surface area contributed by atoms with E-state index in [1.54, 1.807) is 0 Å². The van der Waals surface area contributed by atoms with Gasteiger partial charge in [-0.2, -0.15) is 5.10 Å². The predicted molar refractivity (Wildman–Crippen MR) is 50.3 cm³/mol. The van der Waals surface area contributed by atoms with Gasteiger partial charge in [0.25, 0.3) is 11.5 Å². The van der Waals surface area contributed by atoms with Gasteiger partial charge in [-0.05, 0) is 0 Å². The molecule has 0 saturated heterocycles. The lowest BCUT2D eigenvalue weighted by Gasteiger charge is -1.97. The summed E-state index contributed by atoms with van der Waals surface area (Å²) in [5.41, 5.74) is 2.60. The Bertz CT molecular complexity index is 544. The molecule has 1 amide bonds. The number of hydrogen-bond donors (Lipinski definition) is 2. The van der Waals surface area contributed by atoms with Crippen molar-refractivity contribution in [1.82, 2.24) is 20.5 Å². The van der Waals surface area contributed by atoms with E-state index in [4.69, 9.17) is 0 Å². The maximum Gasteiger partial charge on any atom is 0.283 e. The number of nitrogens with one attached hydrogen (secondary N) is 2. The van der Waals surface area contributed by atoms with E-state index in [1.807, 2.05) is 0 Å². The van der Waals surface area contributed by atoms with Crippen LogP contribution in [0.5, 0.6) is 0 Å². The number of aromatic nitrogens is 3. The van der Waals surface area contributed by atoms with Gasteiger partial charge in [-0.15, -0.1) is 11.3 Å². The highest BCUT2D eigenvalue weighted by molar-refractivity contribution is 7.16. The number of amides is 1. The van der Waals surface area contributed by atoms with Gasteiger partial charge < -0.3 is 5.32 Å². The first-order valence-corrected chi connectivity index (χ1v) is 4.53. The number of rotatable bonds is 1. The minimum Gasteiger partial charge on any atom is -0.354 e. The van der Waals surface area contributed by atoms with Crippen molar-refractivity contribution < 1.29 is 4.79 Å². The number of thiazole rings is 1. The lowest BCUT2D eigenvalue weighted by Crippen LogP contribution is -2.22. The fraction of sp³-hybridized carbons (Fsp3) is 0.143. The lowest BCUT2D eigenvalue weighted by molar-refractivity contribution is 0.0959. The van der Waals surface area contributed by atoms with Crippen LogP contribution in [0, 0.1) is 5.51 Å². The summed E-state index contributed by atoms with van der Waals surface area (Å²) in [5.74, 6) is -0.384. The molecule has 6 nitrogen and oxygen atoms in total. The van der Waals surface area contributed by atoms with Crippen molar-refractivity contribution in [2.45, 2.75) is 0 Å². The van der Waals surface area contributed by atoms with E-state index in [-0.39, 0.29) is 22.7 Å². The van der Waals surface area contributed by atoms with Crippen molar-refractivity contribution in [2.75, 3.05) is 7.05 Å². The summed E-state index contributed by atoms with van der Waals surface area (Å²) in [6.07, 6.45) is 0. The average molecular weight is 209 g/mol. The Hall–Kier alpha value is -1.76. The van der Waals surface area contributed by atoms with Crippen LogP contribution in [0.15, 0.2) is 4.79 Å². The highest BCUT2D eigenvalue weighted by Crippen LogP contribution is 2.13. The Morgan fingerprint density at radius 3 is 3.14 bits per heavy atom. The fourth-order valence-electron chi connectivity index (χ4n) is 1.01. The quantitative estimate of drug-likeness (QED) is 0.665. The molecule has 71 valence electrons. The van der Waals surface area contributed by atoms with E-state index < -0.39 is 0 Å². The molecule has 2 rings (SSSR count). The van der Waals surface area contributed by atoms with E-state index in [0.29, 0.717) is 4.70 Å². The highest BCUT2D eigenvalue weighted by atomic mass is 32.1. The minimum atomic E-state index is -0.384. The van der Waals surface area contributed by atoms with E-state index in [0.717, 1.165) is 11.3 Å². The molecule has 1 radical (unpaired) electrons. The number of carbonyl (C=O) groups excluding carboxylic acids is 1. The number of nitrogens with zero attached hydrogens (tertiary/aromatic N) is 2. The van der Waals surface area contributed by atoms with Crippen molar-refractivity contribution in [1.29, 1.82) is 0 Å². The smallest absolute Gasteiger partial charge is 0.283 e. The molecule has 2 heterocycles. The lowest BCUT2D eigenvalue weighted by atomic mass is 10.3. The first kappa shape index (κ1) is 8.82. The molecular formula is C7H5N4O2S. The van der Waals surface area contributed by atoms with Crippen molar-refractivity contribution in [3.05, 3.63) is 21.6 Å². The summed E-state index contributed by atoms with van der Waals surface area (Å²) in [4.78, 5) is 26.3. The van der Waals surface area contributed by atoms with Crippen LogP contribution in [0.1, 0.15) is 10.5 Å². The Morgan fingerprint density at radius 2 is 2.43 bits per heavy atom. The molecule has 0 aliphatic rings. The van der Waals surface area contributed by atoms with E-state index in [2.05, 4.69) is 26.0 Å². The van der Waals surface area contributed by atoms with Crippen LogP contribution in [0.2, 0.25) is 0 Å². The third-order valence-corrected chi connectivity index (χ3v) is 2.43. The standard InChI is InChI=1S/C7H5N4O2S/c1-8-6(12)4-3-5(14-2-9-3)7(13)11-10-4/h1H3,(H,8,12)(H,11,13). The fourth-order valence-corrected chi connectivity index (χ4v) is 1.62. The van der Waals surface area contributed by atoms with Crippen LogP contribution >= 0.6 is 11.3 Å². The molecule has 0 aliphatic heterocycles. The van der Waals surface area contributed by atoms with Crippen molar-refractivity contribution >= 4 is 27.5 Å². The summed E-state index contributed by atoms with van der Waals surface area (Å²) in [6, 6.07) is 0. The van der Waals surface area contributed by atoms with Gasteiger partial charge in [0.2, 0.25) is 0 Å². The Balaban J connectivity index is 2.79. The zero-order chi connectivity index (χ0) is 10.1. The van der Waals surface area contributed by atoms with Gasteiger partial charge in [0.05, 0.1) is 0 Å². The van der Waals surface area contributed by atoms with Crippen molar-refractivity contribution in [3.8, 4) is 0 Å². The molecule has 0 bridgehead atoms. The van der Waals surface area contributed by atoms with Gasteiger partial charge in [-0.25, -0.2) is 10.1 Å². The molecular weight excluding hydrogens is 204 g/mol. The molecule has 7 heteroatoms. The maximum absolute atomic E-state index is 11.3. The van der Waals surface area contributed by atoms with Crippen LogP contribution in [0.3, 0.4) is 0 Å². The average Bonchev–Trinajstić information content (AvgIpc) is 2.67. The number of hydrogen-bond acceptors (Lipinski definition) is 5. The molecule has 0 aromatic carbocycles. The molecule has 0 atom stereocenters. The van der Waals surface area contributed by atoms with Crippen LogP contribution in [0.4, 0.5) is 0 Å². The van der Waals surface area contributed by atoms with Crippen molar-refractivity contribution in [3.63, 3.8) is 0 Å². The van der Waals surface area contributed by atoms with Gasteiger partial charge in [-0.1, -0.05) is 0 Å². The third-order valence-electron chi connectivity index (χ3n) is 1.66. The van der Waals surface area contributed by atoms with Crippen LogP contribution in [-0.2, 0) is 0 Å². The molecule has 0 unspecified atom stereocenters. The molecule has 0 aliphatic carbocycles. The molecule has 2 N–H and O–H groups in total. The molecule has 0 spiro atoms. The van der Waals surface area contributed by atoms with E-state index in [1.165, 1.54) is 7.05 Å². The second-order valence-corrected chi connectivity index (χ2v) is 3.26. The maximum atomic E-state index is 11.3. The van der Waals surface area contributed by atoms with Gasteiger partial charge >= 0.3 is 0 Å². The first-order chi connectivity index (χ1) is 6.74. The van der Waals surface area contributed by atoms with Gasteiger partial charge in [0, 0.05) is 7.05 Å². The largest absolute Gasteiger partial charge is 0.354 e. The number of carbonyl (C=O) groups is 1. The minimum absolute atomic E-state index is 0.111. The topological polar surface area (TPSA) is 87.7 Å². The van der Waals surface area contributed by atoms with Gasteiger partial charge in [0.1, 0.15) is 10.2 Å². The molecule has 14 heavy (non-hydrogen) atoms. The van der Waals surface area contributed by atoms with Crippen LogP contribution in [0.25, 0.3) is 10.2 Å². The van der Waals surface area contributed by atoms with Crippen molar-refractivity contribution in [2.24, 2.45) is 0 Å². The third kappa shape index (κ3) is 1.18. The molecule has 0 fully saturated rings. The highest BCUT2D eigenvalue weighted by Gasteiger charge is 2.14. The van der Waals surface area contributed by atoms with E-state index >= 15 is 0 Å². The SMILES string of the molecule is CNC(=O)c1n[nH]c(=O)c2s[c]nc12. The summed E-state index contributed by atoms with van der Waals surface area (Å²) in [6.45, 7) is 0.